The Morgan fingerprint density at radius 2 is 2.36 bits per heavy atom. The molecule has 0 aromatic rings. The highest BCUT2D eigenvalue weighted by molar-refractivity contribution is 6.29. The predicted octanol–water partition coefficient (Wildman–Crippen LogP) is 1.67. The van der Waals surface area contributed by atoms with Gasteiger partial charge >= 0.3 is 0 Å². The quantitative estimate of drug-likeness (QED) is 0.428. The second-order valence-corrected chi connectivity index (χ2v) is 3.32. The minimum Gasteiger partial charge on any atom is -0.345 e. The molecule has 62 valence electrons. The van der Waals surface area contributed by atoms with Crippen molar-refractivity contribution in [2.24, 2.45) is 5.92 Å². The van der Waals surface area contributed by atoms with E-state index in [1.165, 1.54) is 33.3 Å². The molecule has 0 radical (unpaired) electrons. The lowest BCUT2D eigenvalue weighted by molar-refractivity contribution is 0.309. The van der Waals surface area contributed by atoms with E-state index in [1.54, 1.807) is 0 Å². The monoisotopic (exact) mass is 151 g/mol. The van der Waals surface area contributed by atoms with E-state index in [2.05, 4.69) is 30.7 Å². The number of piperidine rings is 1. The van der Waals surface area contributed by atoms with E-state index in [9.17, 15) is 0 Å². The van der Waals surface area contributed by atoms with Crippen LogP contribution in [0.2, 0.25) is 6.82 Å². The molecule has 0 aromatic heterocycles. The van der Waals surface area contributed by atoms with Gasteiger partial charge < -0.3 is 4.81 Å². The molecule has 0 bridgehead atoms. The Bertz CT molecular complexity index is 134. The van der Waals surface area contributed by atoms with E-state index >= 15 is 0 Å². The largest absolute Gasteiger partial charge is 0.345 e. The first-order chi connectivity index (χ1) is 5.36. The molecule has 1 heterocycles. The van der Waals surface area contributed by atoms with Crippen molar-refractivity contribution in [3.63, 3.8) is 0 Å². The molecular formula is C9H18BN. The number of hydrogen-bond acceptors (Lipinski definition) is 1. The van der Waals surface area contributed by atoms with Gasteiger partial charge in [0.2, 0.25) is 7.41 Å². The maximum Gasteiger partial charge on any atom is 0.201 e. The van der Waals surface area contributed by atoms with E-state index in [1.807, 2.05) is 0 Å². The van der Waals surface area contributed by atoms with Crippen LogP contribution in [0.4, 0.5) is 0 Å². The standard InChI is InChI=1S/C9H18BN/c1-3-5-9-6-4-7-11(8-9)10-2/h3,5,9-10H,4,6-8H2,1-2H3/b5-3+. The number of rotatable bonds is 2. The Morgan fingerprint density at radius 3 is 3.00 bits per heavy atom. The van der Waals surface area contributed by atoms with Crippen LogP contribution < -0.4 is 0 Å². The zero-order chi connectivity index (χ0) is 8.10. The van der Waals surface area contributed by atoms with Gasteiger partial charge in [0.25, 0.3) is 0 Å². The average molecular weight is 151 g/mol. The van der Waals surface area contributed by atoms with Crippen molar-refractivity contribution < 1.29 is 0 Å². The topological polar surface area (TPSA) is 3.24 Å². The molecule has 0 amide bonds. The summed E-state index contributed by atoms with van der Waals surface area (Å²) in [5.74, 6) is 0.827. The minimum absolute atomic E-state index is 0.827. The fraction of sp³-hybridized carbons (Fsp3) is 0.778. The van der Waals surface area contributed by atoms with Crippen molar-refractivity contribution in [3.8, 4) is 0 Å². The Balaban J connectivity index is 2.33. The molecule has 0 spiro atoms. The van der Waals surface area contributed by atoms with Crippen LogP contribution in [0, 0.1) is 5.92 Å². The van der Waals surface area contributed by atoms with Crippen LogP contribution in [0.5, 0.6) is 0 Å². The summed E-state index contributed by atoms with van der Waals surface area (Å²) in [7, 11) is 1.22. The van der Waals surface area contributed by atoms with E-state index in [-0.39, 0.29) is 0 Å². The van der Waals surface area contributed by atoms with E-state index in [0.717, 1.165) is 5.92 Å². The van der Waals surface area contributed by atoms with Crippen molar-refractivity contribution in [1.29, 1.82) is 0 Å². The van der Waals surface area contributed by atoms with Crippen LogP contribution in [0.15, 0.2) is 12.2 Å². The molecule has 0 aliphatic carbocycles. The SMILES string of the molecule is CBN1CCCC(/C=C/C)C1. The Hall–Kier alpha value is -0.235. The molecule has 1 aliphatic rings. The van der Waals surface area contributed by atoms with Crippen molar-refractivity contribution >= 4 is 7.41 Å². The van der Waals surface area contributed by atoms with E-state index < -0.39 is 0 Å². The summed E-state index contributed by atoms with van der Waals surface area (Å²) >= 11 is 0. The first-order valence-electron chi connectivity index (χ1n) is 4.72. The Kier molecular flexibility index (Phi) is 3.71. The van der Waals surface area contributed by atoms with Gasteiger partial charge in [-0.2, -0.15) is 0 Å². The molecule has 2 heteroatoms. The second kappa shape index (κ2) is 4.60. The van der Waals surface area contributed by atoms with Crippen LogP contribution >= 0.6 is 0 Å². The highest BCUT2D eigenvalue weighted by Gasteiger charge is 2.15. The smallest absolute Gasteiger partial charge is 0.201 e. The lowest BCUT2D eigenvalue weighted by Crippen LogP contribution is -2.36. The molecule has 1 aliphatic heterocycles. The maximum absolute atomic E-state index is 2.54. The summed E-state index contributed by atoms with van der Waals surface area (Å²) in [5.41, 5.74) is 0. The van der Waals surface area contributed by atoms with Crippen molar-refractivity contribution in [1.82, 2.24) is 4.81 Å². The van der Waals surface area contributed by atoms with E-state index in [0.29, 0.717) is 0 Å². The third kappa shape index (κ3) is 2.70. The molecule has 1 rings (SSSR count). The fourth-order valence-corrected chi connectivity index (χ4v) is 1.81. The van der Waals surface area contributed by atoms with E-state index in [4.69, 9.17) is 0 Å². The molecule has 0 aromatic carbocycles. The normalized spacial score (nSPS) is 27.6. The minimum atomic E-state index is 0.827. The first kappa shape index (κ1) is 8.86. The molecule has 1 atom stereocenters. The average Bonchev–Trinajstić information content (AvgIpc) is 2.06. The second-order valence-electron chi connectivity index (χ2n) is 3.32. The molecule has 1 unspecified atom stereocenters. The summed E-state index contributed by atoms with van der Waals surface area (Å²) in [4.78, 5) is 2.54. The zero-order valence-electron chi connectivity index (χ0n) is 7.71. The van der Waals surface area contributed by atoms with Crippen LogP contribution in [0.3, 0.4) is 0 Å². The van der Waals surface area contributed by atoms with Crippen LogP contribution in [0.1, 0.15) is 19.8 Å². The van der Waals surface area contributed by atoms with Gasteiger partial charge in [-0.3, -0.25) is 0 Å². The highest BCUT2D eigenvalue weighted by atomic mass is 15.0. The molecule has 1 fully saturated rings. The van der Waals surface area contributed by atoms with Gasteiger partial charge in [-0.25, -0.2) is 0 Å². The molecule has 0 saturated carbocycles. The van der Waals surface area contributed by atoms with Crippen molar-refractivity contribution in [3.05, 3.63) is 12.2 Å². The summed E-state index contributed by atoms with van der Waals surface area (Å²) in [5, 5.41) is 0. The Labute approximate surface area is 70.7 Å². The van der Waals surface area contributed by atoms with Gasteiger partial charge in [-0.15, -0.1) is 0 Å². The third-order valence-corrected chi connectivity index (χ3v) is 2.45. The van der Waals surface area contributed by atoms with Crippen LogP contribution in [-0.2, 0) is 0 Å². The first-order valence-corrected chi connectivity index (χ1v) is 4.72. The Morgan fingerprint density at radius 1 is 1.55 bits per heavy atom. The maximum atomic E-state index is 2.54. The molecule has 0 N–H and O–H groups in total. The fourth-order valence-electron chi connectivity index (χ4n) is 1.81. The number of allylic oxidation sites excluding steroid dienone is 1. The van der Waals surface area contributed by atoms with Crippen LogP contribution in [-0.4, -0.2) is 25.3 Å². The molecule has 1 nitrogen and oxygen atoms in total. The summed E-state index contributed by atoms with van der Waals surface area (Å²) in [6.07, 6.45) is 7.30. The highest BCUT2D eigenvalue weighted by Crippen LogP contribution is 2.16. The van der Waals surface area contributed by atoms with Crippen molar-refractivity contribution in [2.75, 3.05) is 13.1 Å². The van der Waals surface area contributed by atoms with Gasteiger partial charge in [-0.1, -0.05) is 19.0 Å². The van der Waals surface area contributed by atoms with Gasteiger partial charge in [0, 0.05) is 0 Å². The van der Waals surface area contributed by atoms with Gasteiger partial charge in [0.05, 0.1) is 0 Å². The third-order valence-electron chi connectivity index (χ3n) is 2.45. The number of nitrogens with zero attached hydrogens (tertiary/aromatic N) is 1. The lowest BCUT2D eigenvalue weighted by atomic mass is 9.87. The molecule has 11 heavy (non-hydrogen) atoms. The number of hydrogen-bond donors (Lipinski definition) is 0. The van der Waals surface area contributed by atoms with Gasteiger partial charge in [-0.05, 0) is 38.8 Å². The lowest BCUT2D eigenvalue weighted by Gasteiger charge is -2.30. The zero-order valence-corrected chi connectivity index (χ0v) is 7.71. The molecular weight excluding hydrogens is 133 g/mol. The molecule has 1 saturated heterocycles. The van der Waals surface area contributed by atoms with Crippen molar-refractivity contribution in [2.45, 2.75) is 26.6 Å². The summed E-state index contributed by atoms with van der Waals surface area (Å²) < 4.78 is 0. The predicted molar refractivity (Wildman–Crippen MR) is 52.1 cm³/mol. The van der Waals surface area contributed by atoms with Crippen LogP contribution in [0.25, 0.3) is 0 Å². The summed E-state index contributed by atoms with van der Waals surface area (Å²) in [6, 6.07) is 0. The van der Waals surface area contributed by atoms with Gasteiger partial charge in [0.1, 0.15) is 0 Å². The summed E-state index contributed by atoms with van der Waals surface area (Å²) in [6.45, 7) is 6.95. The van der Waals surface area contributed by atoms with Gasteiger partial charge in [0.15, 0.2) is 0 Å².